The Labute approximate surface area is 117 Å². The largest absolute Gasteiger partial charge is 0.416 e. The van der Waals surface area contributed by atoms with E-state index in [1.807, 2.05) is 6.92 Å². The highest BCUT2D eigenvalue weighted by Gasteiger charge is 2.30. The normalized spacial score (nSPS) is 25.4. The van der Waals surface area contributed by atoms with Crippen molar-refractivity contribution < 1.29 is 13.2 Å². The van der Waals surface area contributed by atoms with Crippen molar-refractivity contribution in [3.05, 3.63) is 35.4 Å². The molecule has 0 bridgehead atoms. The molecule has 112 valence electrons. The summed E-state index contributed by atoms with van der Waals surface area (Å²) in [7, 11) is 0. The zero-order valence-corrected chi connectivity index (χ0v) is 11.8. The number of hydrogen-bond acceptors (Lipinski definition) is 2. The lowest BCUT2D eigenvalue weighted by Crippen LogP contribution is -2.47. The summed E-state index contributed by atoms with van der Waals surface area (Å²) in [6.45, 7) is 6.15. The summed E-state index contributed by atoms with van der Waals surface area (Å²) < 4.78 is 37.6. The molecule has 0 aromatic heterocycles. The first kappa shape index (κ1) is 15.3. The van der Waals surface area contributed by atoms with E-state index < -0.39 is 11.7 Å². The first-order chi connectivity index (χ1) is 9.38. The molecule has 1 saturated heterocycles. The van der Waals surface area contributed by atoms with Crippen molar-refractivity contribution in [1.82, 2.24) is 10.6 Å². The molecule has 5 heteroatoms. The number of hydrogen-bond donors (Lipinski definition) is 2. The van der Waals surface area contributed by atoms with Crippen LogP contribution >= 0.6 is 0 Å². The first-order valence-corrected chi connectivity index (χ1v) is 7.02. The van der Waals surface area contributed by atoms with E-state index in [0.29, 0.717) is 12.0 Å². The van der Waals surface area contributed by atoms with Crippen LogP contribution in [0.3, 0.4) is 0 Å². The van der Waals surface area contributed by atoms with Gasteiger partial charge in [0.2, 0.25) is 0 Å². The van der Waals surface area contributed by atoms with Gasteiger partial charge in [-0.15, -0.1) is 0 Å². The average molecular weight is 286 g/mol. The fraction of sp³-hybridized carbons (Fsp3) is 0.600. The minimum atomic E-state index is -4.27. The van der Waals surface area contributed by atoms with Crippen LogP contribution in [-0.4, -0.2) is 19.1 Å². The molecular formula is C15H21F3N2. The Morgan fingerprint density at radius 3 is 2.45 bits per heavy atom. The molecule has 0 spiro atoms. The lowest BCUT2D eigenvalue weighted by Gasteiger charge is -2.33. The number of piperidine rings is 1. The molecule has 0 radical (unpaired) electrons. The predicted molar refractivity (Wildman–Crippen MR) is 73.4 cm³/mol. The molecular weight excluding hydrogens is 265 g/mol. The van der Waals surface area contributed by atoms with Crippen LogP contribution < -0.4 is 10.6 Å². The van der Waals surface area contributed by atoms with E-state index in [1.165, 1.54) is 0 Å². The Kier molecular flexibility index (Phi) is 4.70. The molecule has 0 amide bonds. The molecule has 2 rings (SSSR count). The number of halogens is 3. The third-order valence-corrected chi connectivity index (χ3v) is 3.99. The van der Waals surface area contributed by atoms with Crippen molar-refractivity contribution in [3.8, 4) is 0 Å². The molecule has 3 atom stereocenters. The van der Waals surface area contributed by atoms with Crippen molar-refractivity contribution in [2.45, 2.75) is 38.5 Å². The Morgan fingerprint density at radius 1 is 1.25 bits per heavy atom. The first-order valence-electron chi connectivity index (χ1n) is 7.02. The Hall–Kier alpha value is -1.07. The van der Waals surface area contributed by atoms with Gasteiger partial charge in [0.15, 0.2) is 0 Å². The van der Waals surface area contributed by atoms with Gasteiger partial charge in [-0.05, 0) is 50.0 Å². The number of rotatable bonds is 3. The van der Waals surface area contributed by atoms with Crippen molar-refractivity contribution in [1.29, 1.82) is 0 Å². The molecule has 1 aliphatic rings. The number of nitrogens with one attached hydrogen (secondary N) is 2. The lowest BCUT2D eigenvalue weighted by molar-refractivity contribution is -0.137. The zero-order valence-electron chi connectivity index (χ0n) is 11.8. The summed E-state index contributed by atoms with van der Waals surface area (Å²) in [6.07, 6.45) is -3.22. The van der Waals surface area contributed by atoms with E-state index in [1.54, 1.807) is 12.1 Å². The van der Waals surface area contributed by atoms with Crippen LogP contribution in [0.15, 0.2) is 24.3 Å². The molecule has 1 heterocycles. The standard InChI is InChI=1S/C15H21F3N2/c1-10-9-19-8-7-14(10)20-11(2)12-3-5-13(6-4-12)15(16,17)18/h3-6,10-11,14,19-20H,7-9H2,1-2H3. The van der Waals surface area contributed by atoms with Gasteiger partial charge in [-0.25, -0.2) is 0 Å². The molecule has 3 unspecified atom stereocenters. The zero-order chi connectivity index (χ0) is 14.8. The van der Waals surface area contributed by atoms with Gasteiger partial charge in [0, 0.05) is 12.1 Å². The molecule has 1 aromatic rings. The third kappa shape index (κ3) is 3.73. The highest BCUT2D eigenvalue weighted by Crippen LogP contribution is 2.30. The van der Waals surface area contributed by atoms with Crippen LogP contribution in [0.5, 0.6) is 0 Å². The van der Waals surface area contributed by atoms with Crippen LogP contribution in [-0.2, 0) is 6.18 Å². The molecule has 1 aliphatic heterocycles. The van der Waals surface area contributed by atoms with Crippen LogP contribution in [0.2, 0.25) is 0 Å². The highest BCUT2D eigenvalue weighted by molar-refractivity contribution is 5.26. The maximum atomic E-state index is 12.5. The van der Waals surface area contributed by atoms with Crippen molar-refractivity contribution in [3.63, 3.8) is 0 Å². The molecule has 20 heavy (non-hydrogen) atoms. The number of benzene rings is 1. The van der Waals surface area contributed by atoms with Crippen molar-refractivity contribution >= 4 is 0 Å². The second-order valence-corrected chi connectivity index (χ2v) is 5.58. The third-order valence-electron chi connectivity index (χ3n) is 3.99. The fourth-order valence-corrected chi connectivity index (χ4v) is 2.64. The Bertz CT molecular complexity index is 428. The minimum absolute atomic E-state index is 0.0582. The fourth-order valence-electron chi connectivity index (χ4n) is 2.64. The van der Waals surface area contributed by atoms with Crippen LogP contribution in [0.4, 0.5) is 13.2 Å². The highest BCUT2D eigenvalue weighted by atomic mass is 19.4. The summed E-state index contributed by atoms with van der Waals surface area (Å²) in [6, 6.07) is 5.90. The van der Waals surface area contributed by atoms with Gasteiger partial charge in [-0.3, -0.25) is 0 Å². The maximum Gasteiger partial charge on any atom is 0.416 e. The summed E-state index contributed by atoms with van der Waals surface area (Å²) in [5.41, 5.74) is 0.299. The topological polar surface area (TPSA) is 24.1 Å². The number of alkyl halides is 3. The summed E-state index contributed by atoms with van der Waals surface area (Å²) in [5, 5.41) is 6.86. The van der Waals surface area contributed by atoms with E-state index in [-0.39, 0.29) is 6.04 Å². The maximum absolute atomic E-state index is 12.5. The summed E-state index contributed by atoms with van der Waals surface area (Å²) in [4.78, 5) is 0. The van der Waals surface area contributed by atoms with E-state index >= 15 is 0 Å². The average Bonchev–Trinajstić information content (AvgIpc) is 2.40. The SMILES string of the molecule is CC(NC1CCNCC1C)c1ccc(C(F)(F)F)cc1. The summed E-state index contributed by atoms with van der Waals surface area (Å²) >= 11 is 0. The van der Waals surface area contributed by atoms with Gasteiger partial charge in [-0.1, -0.05) is 19.1 Å². The van der Waals surface area contributed by atoms with E-state index in [9.17, 15) is 13.2 Å². The van der Waals surface area contributed by atoms with Gasteiger partial charge in [0.1, 0.15) is 0 Å². The monoisotopic (exact) mass is 286 g/mol. The van der Waals surface area contributed by atoms with Gasteiger partial charge in [0.05, 0.1) is 5.56 Å². The molecule has 1 aromatic carbocycles. The van der Waals surface area contributed by atoms with Gasteiger partial charge in [-0.2, -0.15) is 13.2 Å². The second kappa shape index (κ2) is 6.14. The van der Waals surface area contributed by atoms with Gasteiger partial charge in [0.25, 0.3) is 0 Å². The Morgan fingerprint density at radius 2 is 1.90 bits per heavy atom. The Balaban J connectivity index is 2.00. The molecule has 0 saturated carbocycles. The van der Waals surface area contributed by atoms with E-state index in [2.05, 4.69) is 17.6 Å². The predicted octanol–water partition coefficient (Wildman–Crippen LogP) is 3.35. The minimum Gasteiger partial charge on any atom is -0.316 e. The molecule has 2 nitrogen and oxygen atoms in total. The van der Waals surface area contributed by atoms with Gasteiger partial charge >= 0.3 is 6.18 Å². The smallest absolute Gasteiger partial charge is 0.316 e. The molecule has 2 N–H and O–H groups in total. The van der Waals surface area contributed by atoms with E-state index in [4.69, 9.17) is 0 Å². The quantitative estimate of drug-likeness (QED) is 0.890. The van der Waals surface area contributed by atoms with Crippen LogP contribution in [0, 0.1) is 5.92 Å². The van der Waals surface area contributed by atoms with Crippen molar-refractivity contribution in [2.75, 3.05) is 13.1 Å². The van der Waals surface area contributed by atoms with Crippen LogP contribution in [0.1, 0.15) is 37.4 Å². The van der Waals surface area contributed by atoms with Gasteiger partial charge < -0.3 is 10.6 Å². The summed E-state index contributed by atoms with van der Waals surface area (Å²) in [5.74, 6) is 0.528. The lowest BCUT2D eigenvalue weighted by atomic mass is 9.93. The van der Waals surface area contributed by atoms with Crippen LogP contribution in [0.25, 0.3) is 0 Å². The van der Waals surface area contributed by atoms with E-state index in [0.717, 1.165) is 37.2 Å². The van der Waals surface area contributed by atoms with Crippen molar-refractivity contribution in [2.24, 2.45) is 5.92 Å². The molecule has 0 aliphatic carbocycles. The molecule has 1 fully saturated rings. The second-order valence-electron chi connectivity index (χ2n) is 5.58.